The first-order valence-corrected chi connectivity index (χ1v) is 9.92. The molecule has 0 radical (unpaired) electrons. The molecule has 6 nitrogen and oxygen atoms in total. The summed E-state index contributed by atoms with van der Waals surface area (Å²) in [7, 11) is -3.67. The van der Waals surface area contributed by atoms with Crippen molar-refractivity contribution in [1.29, 1.82) is 0 Å². The van der Waals surface area contributed by atoms with E-state index in [9.17, 15) is 13.2 Å². The predicted octanol–water partition coefficient (Wildman–Crippen LogP) is 2.58. The lowest BCUT2D eigenvalue weighted by molar-refractivity contribution is 0.0303. The number of morpholine rings is 1. The van der Waals surface area contributed by atoms with Crippen molar-refractivity contribution in [3.63, 3.8) is 0 Å². The quantitative estimate of drug-likeness (QED) is 0.892. The zero-order valence-electron chi connectivity index (χ0n) is 14.9. The Morgan fingerprint density at radius 2 is 1.65 bits per heavy atom. The Kier molecular flexibility index (Phi) is 5.29. The van der Waals surface area contributed by atoms with Gasteiger partial charge in [-0.15, -0.1) is 0 Å². The monoisotopic (exact) mass is 374 g/mol. The topological polar surface area (TPSA) is 75.7 Å². The summed E-state index contributed by atoms with van der Waals surface area (Å²) in [5.74, 6) is -0.0723. The van der Waals surface area contributed by atoms with Crippen LogP contribution < -0.4 is 4.72 Å². The maximum absolute atomic E-state index is 12.5. The second-order valence-corrected chi connectivity index (χ2v) is 8.02. The first kappa shape index (κ1) is 18.4. The first-order valence-electron chi connectivity index (χ1n) is 8.44. The van der Waals surface area contributed by atoms with Gasteiger partial charge in [0.1, 0.15) is 0 Å². The van der Waals surface area contributed by atoms with E-state index in [0.717, 1.165) is 11.1 Å². The Morgan fingerprint density at radius 3 is 2.27 bits per heavy atom. The minimum Gasteiger partial charge on any atom is -0.378 e. The van der Waals surface area contributed by atoms with Crippen LogP contribution in [-0.4, -0.2) is 45.5 Å². The van der Waals surface area contributed by atoms with E-state index in [4.69, 9.17) is 4.74 Å². The number of sulfonamides is 1. The summed E-state index contributed by atoms with van der Waals surface area (Å²) in [5, 5.41) is 0. The van der Waals surface area contributed by atoms with E-state index in [0.29, 0.717) is 37.6 Å². The van der Waals surface area contributed by atoms with E-state index >= 15 is 0 Å². The number of carbonyl (C=O) groups excluding carboxylic acids is 1. The zero-order valence-corrected chi connectivity index (χ0v) is 15.7. The van der Waals surface area contributed by atoms with E-state index in [1.807, 2.05) is 13.8 Å². The van der Waals surface area contributed by atoms with Gasteiger partial charge < -0.3 is 9.64 Å². The molecule has 3 rings (SSSR count). The van der Waals surface area contributed by atoms with E-state index in [1.54, 1.807) is 47.4 Å². The number of aryl methyl sites for hydroxylation is 2. The molecule has 1 N–H and O–H groups in total. The molecule has 1 aliphatic rings. The third-order valence-corrected chi connectivity index (χ3v) is 5.85. The molecule has 2 aromatic carbocycles. The van der Waals surface area contributed by atoms with Gasteiger partial charge in [-0.05, 0) is 61.4 Å². The molecule has 0 atom stereocenters. The summed E-state index contributed by atoms with van der Waals surface area (Å²) < 4.78 is 32.9. The molecule has 1 heterocycles. The SMILES string of the molecule is Cc1ccc(S(=O)(=O)Nc2ccc(C(=O)N3CCOCC3)cc2)cc1C. The van der Waals surface area contributed by atoms with E-state index < -0.39 is 10.0 Å². The fourth-order valence-electron chi connectivity index (χ4n) is 2.73. The molecule has 1 fully saturated rings. The lowest BCUT2D eigenvalue weighted by Gasteiger charge is -2.26. The van der Waals surface area contributed by atoms with Crippen LogP contribution in [0.1, 0.15) is 21.5 Å². The molecule has 1 saturated heterocycles. The molecule has 0 saturated carbocycles. The predicted molar refractivity (Wildman–Crippen MR) is 99.9 cm³/mol. The van der Waals surface area contributed by atoms with Crippen LogP contribution in [-0.2, 0) is 14.8 Å². The van der Waals surface area contributed by atoms with Crippen molar-refractivity contribution in [3.05, 3.63) is 59.2 Å². The Balaban J connectivity index is 1.74. The number of benzene rings is 2. The molecule has 0 bridgehead atoms. The average molecular weight is 374 g/mol. The maximum atomic E-state index is 12.5. The highest BCUT2D eigenvalue weighted by Crippen LogP contribution is 2.20. The maximum Gasteiger partial charge on any atom is 0.261 e. The highest BCUT2D eigenvalue weighted by molar-refractivity contribution is 7.92. The fraction of sp³-hybridized carbons (Fsp3) is 0.316. The molecular weight excluding hydrogens is 352 g/mol. The largest absolute Gasteiger partial charge is 0.378 e. The van der Waals surface area contributed by atoms with Gasteiger partial charge in [-0.3, -0.25) is 9.52 Å². The molecule has 1 amide bonds. The smallest absolute Gasteiger partial charge is 0.261 e. The van der Waals surface area contributed by atoms with Crippen LogP contribution in [0.3, 0.4) is 0 Å². The third-order valence-electron chi connectivity index (χ3n) is 4.47. The van der Waals surface area contributed by atoms with Crippen molar-refractivity contribution in [1.82, 2.24) is 4.90 Å². The molecule has 0 aliphatic carbocycles. The molecule has 1 aliphatic heterocycles. The Labute approximate surface area is 153 Å². The average Bonchev–Trinajstić information content (AvgIpc) is 2.64. The summed E-state index contributed by atoms with van der Waals surface area (Å²) in [6.45, 7) is 6.03. The summed E-state index contributed by atoms with van der Waals surface area (Å²) in [6, 6.07) is 11.5. The number of hydrogen-bond donors (Lipinski definition) is 1. The van der Waals surface area contributed by atoms with Crippen LogP contribution in [0.5, 0.6) is 0 Å². The summed E-state index contributed by atoms with van der Waals surface area (Å²) in [5.41, 5.74) is 2.90. The van der Waals surface area contributed by atoms with Gasteiger partial charge in [-0.1, -0.05) is 6.07 Å². The van der Waals surface area contributed by atoms with Gasteiger partial charge in [-0.25, -0.2) is 8.42 Å². The molecule has 138 valence electrons. The molecule has 2 aromatic rings. The van der Waals surface area contributed by atoms with Crippen LogP contribution in [0.4, 0.5) is 5.69 Å². The molecule has 26 heavy (non-hydrogen) atoms. The number of rotatable bonds is 4. The number of hydrogen-bond acceptors (Lipinski definition) is 4. The van der Waals surface area contributed by atoms with Gasteiger partial charge in [0, 0.05) is 24.3 Å². The van der Waals surface area contributed by atoms with Crippen LogP contribution in [0.15, 0.2) is 47.4 Å². The van der Waals surface area contributed by atoms with Crippen molar-refractivity contribution in [2.45, 2.75) is 18.7 Å². The summed E-state index contributed by atoms with van der Waals surface area (Å²) in [4.78, 5) is 14.4. The van der Waals surface area contributed by atoms with Crippen LogP contribution >= 0.6 is 0 Å². The highest BCUT2D eigenvalue weighted by atomic mass is 32.2. The number of nitrogens with zero attached hydrogens (tertiary/aromatic N) is 1. The lowest BCUT2D eigenvalue weighted by Crippen LogP contribution is -2.40. The van der Waals surface area contributed by atoms with E-state index in [2.05, 4.69) is 4.72 Å². The van der Waals surface area contributed by atoms with Crippen molar-refractivity contribution >= 4 is 21.6 Å². The van der Waals surface area contributed by atoms with Crippen molar-refractivity contribution in [2.24, 2.45) is 0 Å². The summed E-state index contributed by atoms with van der Waals surface area (Å²) in [6.07, 6.45) is 0. The standard InChI is InChI=1S/C19H22N2O4S/c1-14-3-8-18(13-15(14)2)26(23,24)20-17-6-4-16(5-7-17)19(22)21-9-11-25-12-10-21/h3-8,13,20H,9-12H2,1-2H3. The van der Waals surface area contributed by atoms with Gasteiger partial charge in [0.15, 0.2) is 0 Å². The zero-order chi connectivity index (χ0) is 18.7. The van der Waals surface area contributed by atoms with Gasteiger partial charge in [0.25, 0.3) is 15.9 Å². The second kappa shape index (κ2) is 7.47. The molecular formula is C19H22N2O4S. The van der Waals surface area contributed by atoms with Crippen LogP contribution in [0.25, 0.3) is 0 Å². The molecule has 0 aromatic heterocycles. The summed E-state index contributed by atoms with van der Waals surface area (Å²) >= 11 is 0. The molecule has 0 spiro atoms. The highest BCUT2D eigenvalue weighted by Gasteiger charge is 2.19. The number of anilines is 1. The van der Waals surface area contributed by atoms with Crippen molar-refractivity contribution < 1.29 is 17.9 Å². The molecule has 7 heteroatoms. The fourth-order valence-corrected chi connectivity index (χ4v) is 3.87. The lowest BCUT2D eigenvalue weighted by atomic mass is 10.1. The second-order valence-electron chi connectivity index (χ2n) is 6.33. The third kappa shape index (κ3) is 4.05. The van der Waals surface area contributed by atoms with Gasteiger partial charge >= 0.3 is 0 Å². The number of carbonyl (C=O) groups is 1. The van der Waals surface area contributed by atoms with Crippen molar-refractivity contribution in [2.75, 3.05) is 31.0 Å². The first-order chi connectivity index (χ1) is 12.4. The van der Waals surface area contributed by atoms with E-state index in [1.165, 1.54) is 0 Å². The molecule has 0 unspecified atom stereocenters. The Bertz CT molecular complexity index is 902. The minimum absolute atomic E-state index is 0.0723. The van der Waals surface area contributed by atoms with Gasteiger partial charge in [-0.2, -0.15) is 0 Å². The van der Waals surface area contributed by atoms with Crippen LogP contribution in [0.2, 0.25) is 0 Å². The Morgan fingerprint density at radius 1 is 1.00 bits per heavy atom. The minimum atomic E-state index is -3.67. The van der Waals surface area contributed by atoms with Gasteiger partial charge in [0.2, 0.25) is 0 Å². The number of amides is 1. The number of ether oxygens (including phenoxy) is 1. The van der Waals surface area contributed by atoms with Crippen LogP contribution in [0, 0.1) is 13.8 Å². The van der Waals surface area contributed by atoms with Crippen molar-refractivity contribution in [3.8, 4) is 0 Å². The normalized spacial score (nSPS) is 14.9. The van der Waals surface area contributed by atoms with Gasteiger partial charge in [0.05, 0.1) is 18.1 Å². The Hall–Kier alpha value is -2.38. The van der Waals surface area contributed by atoms with E-state index in [-0.39, 0.29) is 10.8 Å². The number of nitrogens with one attached hydrogen (secondary N) is 1.